The average molecular weight is 461 g/mol. The minimum absolute atomic E-state index is 0.0807. The minimum Gasteiger partial charge on any atom is -0.325 e. The van der Waals surface area contributed by atoms with Gasteiger partial charge in [-0.3, -0.25) is 9.52 Å². The highest BCUT2D eigenvalue weighted by atomic mass is 35.5. The topological polar surface area (TPSA) is 75.3 Å². The van der Waals surface area contributed by atoms with Crippen LogP contribution in [0.5, 0.6) is 0 Å². The summed E-state index contributed by atoms with van der Waals surface area (Å²) in [6.45, 7) is 1.70. The van der Waals surface area contributed by atoms with E-state index in [1.165, 1.54) is 17.8 Å². The van der Waals surface area contributed by atoms with Crippen LogP contribution in [0.2, 0.25) is 5.02 Å². The Balaban J connectivity index is 1.67. The molecule has 0 bridgehead atoms. The second-order valence-electron chi connectivity index (χ2n) is 6.59. The third-order valence-corrected chi connectivity index (χ3v) is 7.07. The van der Waals surface area contributed by atoms with Gasteiger partial charge in [-0.25, -0.2) is 8.42 Å². The molecule has 0 saturated heterocycles. The van der Waals surface area contributed by atoms with Crippen LogP contribution in [0, 0.1) is 6.92 Å². The quantitative estimate of drug-likeness (QED) is 0.477. The molecule has 0 radical (unpaired) electrons. The standard InChI is InChI=1S/C22H21ClN2O3S2/c1-16-11-12-18(24-22(26)15-29-14-17-7-3-2-4-8-17)13-21(16)30(27,28)25-20-10-6-5-9-19(20)23/h2-13,25H,14-15H2,1H3,(H,24,26). The molecule has 0 spiro atoms. The molecular weight excluding hydrogens is 440 g/mol. The molecular formula is C22H21ClN2O3S2. The van der Waals surface area contributed by atoms with Gasteiger partial charge >= 0.3 is 0 Å². The number of anilines is 2. The van der Waals surface area contributed by atoms with Crippen LogP contribution in [0.25, 0.3) is 0 Å². The SMILES string of the molecule is Cc1ccc(NC(=O)CSCc2ccccc2)cc1S(=O)(=O)Nc1ccccc1Cl. The van der Waals surface area contributed by atoms with Crippen molar-refractivity contribution in [3.8, 4) is 0 Å². The lowest BCUT2D eigenvalue weighted by molar-refractivity contribution is -0.113. The number of aryl methyl sites for hydroxylation is 1. The van der Waals surface area contributed by atoms with Gasteiger partial charge < -0.3 is 5.32 Å². The third kappa shape index (κ3) is 6.01. The number of amides is 1. The number of hydrogen-bond donors (Lipinski definition) is 2. The average Bonchev–Trinajstić information content (AvgIpc) is 2.72. The van der Waals surface area contributed by atoms with Crippen molar-refractivity contribution in [2.24, 2.45) is 0 Å². The number of halogens is 1. The number of benzene rings is 3. The molecule has 0 fully saturated rings. The maximum absolute atomic E-state index is 12.9. The summed E-state index contributed by atoms with van der Waals surface area (Å²) in [7, 11) is -3.87. The van der Waals surface area contributed by atoms with Crippen LogP contribution >= 0.6 is 23.4 Å². The maximum atomic E-state index is 12.9. The number of rotatable bonds is 8. The first-order valence-electron chi connectivity index (χ1n) is 9.15. The summed E-state index contributed by atoms with van der Waals surface area (Å²) in [5.74, 6) is 0.800. The van der Waals surface area contributed by atoms with E-state index in [9.17, 15) is 13.2 Å². The van der Waals surface area contributed by atoms with E-state index in [4.69, 9.17) is 11.6 Å². The van der Waals surface area contributed by atoms with Crippen molar-refractivity contribution in [1.82, 2.24) is 0 Å². The predicted octanol–water partition coefficient (Wildman–Crippen LogP) is 5.32. The first kappa shape index (κ1) is 22.2. The number of carbonyl (C=O) groups is 1. The molecule has 0 aliphatic carbocycles. The second kappa shape index (κ2) is 10.0. The van der Waals surface area contributed by atoms with Gasteiger partial charge in [0.25, 0.3) is 10.0 Å². The monoisotopic (exact) mass is 460 g/mol. The lowest BCUT2D eigenvalue weighted by Gasteiger charge is -2.13. The first-order valence-corrected chi connectivity index (χ1v) is 12.2. The molecule has 0 aliphatic rings. The van der Waals surface area contributed by atoms with E-state index in [2.05, 4.69) is 10.0 Å². The summed E-state index contributed by atoms with van der Waals surface area (Å²) in [6, 6.07) is 21.3. The number of para-hydroxylation sites is 1. The van der Waals surface area contributed by atoms with Crippen LogP contribution in [-0.4, -0.2) is 20.1 Å². The molecule has 3 aromatic rings. The molecule has 1 amide bonds. The third-order valence-electron chi connectivity index (χ3n) is 4.22. The Labute approximate surface area is 185 Å². The highest BCUT2D eigenvalue weighted by molar-refractivity contribution is 7.99. The molecule has 3 aromatic carbocycles. The number of nitrogens with one attached hydrogen (secondary N) is 2. The molecule has 5 nitrogen and oxygen atoms in total. The Bertz CT molecular complexity index is 1140. The fourth-order valence-electron chi connectivity index (χ4n) is 2.74. The van der Waals surface area contributed by atoms with Crippen molar-refractivity contribution in [1.29, 1.82) is 0 Å². The Morgan fingerprint density at radius 3 is 2.43 bits per heavy atom. The van der Waals surface area contributed by atoms with E-state index in [0.717, 1.165) is 11.3 Å². The summed E-state index contributed by atoms with van der Waals surface area (Å²) in [6.07, 6.45) is 0. The summed E-state index contributed by atoms with van der Waals surface area (Å²) >= 11 is 7.56. The smallest absolute Gasteiger partial charge is 0.262 e. The van der Waals surface area contributed by atoms with Crippen LogP contribution < -0.4 is 10.0 Å². The molecule has 2 N–H and O–H groups in total. The Morgan fingerprint density at radius 2 is 1.70 bits per heavy atom. The summed E-state index contributed by atoms with van der Waals surface area (Å²) in [5, 5.41) is 3.07. The van der Waals surface area contributed by atoms with Crippen LogP contribution in [-0.2, 0) is 20.6 Å². The fourth-order valence-corrected chi connectivity index (χ4v) is 5.12. The van der Waals surface area contributed by atoms with E-state index in [0.29, 0.717) is 22.0 Å². The van der Waals surface area contributed by atoms with E-state index in [1.54, 1.807) is 43.3 Å². The maximum Gasteiger partial charge on any atom is 0.262 e. The van der Waals surface area contributed by atoms with E-state index in [-0.39, 0.29) is 16.6 Å². The summed E-state index contributed by atoms with van der Waals surface area (Å²) in [4.78, 5) is 12.4. The van der Waals surface area contributed by atoms with Gasteiger partial charge in [0.15, 0.2) is 0 Å². The Hall–Kier alpha value is -2.48. The van der Waals surface area contributed by atoms with E-state index < -0.39 is 10.0 Å². The number of carbonyl (C=O) groups excluding carboxylic acids is 1. The molecule has 0 saturated carbocycles. The number of sulfonamides is 1. The van der Waals surface area contributed by atoms with Gasteiger partial charge in [-0.15, -0.1) is 11.8 Å². The highest BCUT2D eigenvalue weighted by Gasteiger charge is 2.19. The molecule has 0 atom stereocenters. The van der Waals surface area contributed by atoms with Crippen molar-refractivity contribution in [3.05, 3.63) is 88.9 Å². The molecule has 156 valence electrons. The molecule has 0 aliphatic heterocycles. The molecule has 0 unspecified atom stereocenters. The van der Waals surface area contributed by atoms with Gasteiger partial charge in [0.2, 0.25) is 5.91 Å². The van der Waals surface area contributed by atoms with Crippen molar-refractivity contribution in [2.75, 3.05) is 15.8 Å². The van der Waals surface area contributed by atoms with Gasteiger partial charge in [-0.05, 0) is 42.3 Å². The second-order valence-corrected chi connectivity index (χ2v) is 9.64. The van der Waals surface area contributed by atoms with Crippen LogP contribution in [0.15, 0.2) is 77.7 Å². The van der Waals surface area contributed by atoms with E-state index >= 15 is 0 Å². The highest BCUT2D eigenvalue weighted by Crippen LogP contribution is 2.27. The van der Waals surface area contributed by atoms with Crippen LogP contribution in [0.1, 0.15) is 11.1 Å². The van der Waals surface area contributed by atoms with Crippen molar-refractivity contribution >= 4 is 50.7 Å². The zero-order valence-corrected chi connectivity index (χ0v) is 18.7. The fraction of sp³-hybridized carbons (Fsp3) is 0.136. The molecule has 8 heteroatoms. The van der Waals surface area contributed by atoms with Gasteiger partial charge in [-0.1, -0.05) is 60.1 Å². The lowest BCUT2D eigenvalue weighted by Crippen LogP contribution is -2.17. The predicted molar refractivity (Wildman–Crippen MR) is 125 cm³/mol. The Kier molecular flexibility index (Phi) is 7.42. The van der Waals surface area contributed by atoms with Crippen LogP contribution in [0.4, 0.5) is 11.4 Å². The van der Waals surface area contributed by atoms with Crippen molar-refractivity contribution in [2.45, 2.75) is 17.6 Å². The summed E-state index contributed by atoms with van der Waals surface area (Å²) in [5.41, 5.74) is 2.42. The van der Waals surface area contributed by atoms with Gasteiger partial charge in [0.1, 0.15) is 0 Å². The molecule has 0 heterocycles. The largest absolute Gasteiger partial charge is 0.325 e. The molecule has 30 heavy (non-hydrogen) atoms. The van der Waals surface area contributed by atoms with Crippen molar-refractivity contribution in [3.63, 3.8) is 0 Å². The molecule has 3 rings (SSSR count). The molecule has 0 aromatic heterocycles. The normalized spacial score (nSPS) is 11.1. The number of thioether (sulfide) groups is 1. The van der Waals surface area contributed by atoms with Gasteiger partial charge in [-0.2, -0.15) is 0 Å². The van der Waals surface area contributed by atoms with Gasteiger partial charge in [0, 0.05) is 11.4 Å². The summed E-state index contributed by atoms with van der Waals surface area (Å²) < 4.78 is 28.2. The Morgan fingerprint density at radius 1 is 1.00 bits per heavy atom. The van der Waals surface area contributed by atoms with Gasteiger partial charge in [0.05, 0.1) is 21.4 Å². The first-order chi connectivity index (χ1) is 14.3. The minimum atomic E-state index is -3.87. The lowest BCUT2D eigenvalue weighted by atomic mass is 10.2. The van der Waals surface area contributed by atoms with E-state index in [1.807, 2.05) is 30.3 Å². The van der Waals surface area contributed by atoms with Crippen LogP contribution in [0.3, 0.4) is 0 Å². The zero-order valence-electron chi connectivity index (χ0n) is 16.3. The zero-order chi connectivity index (χ0) is 21.6. The number of hydrogen-bond acceptors (Lipinski definition) is 4. The van der Waals surface area contributed by atoms with Crippen molar-refractivity contribution < 1.29 is 13.2 Å².